The first kappa shape index (κ1) is 15.6. The minimum atomic E-state index is -3.20. The Kier molecular flexibility index (Phi) is 4.14. The van der Waals surface area contributed by atoms with Crippen molar-refractivity contribution < 1.29 is 13.2 Å². The molecule has 0 aliphatic carbocycles. The molecule has 0 unspecified atom stereocenters. The van der Waals surface area contributed by atoms with E-state index in [9.17, 15) is 13.2 Å². The van der Waals surface area contributed by atoms with Crippen molar-refractivity contribution >= 4 is 27.5 Å². The zero-order valence-electron chi connectivity index (χ0n) is 12.3. The van der Waals surface area contributed by atoms with Crippen LogP contribution in [0.2, 0.25) is 0 Å². The lowest BCUT2D eigenvalue weighted by atomic mass is 10.2. The van der Waals surface area contributed by atoms with Crippen LogP contribution in [0, 0.1) is 0 Å². The maximum Gasteiger partial charge on any atom is 0.194 e. The Labute approximate surface area is 138 Å². The molecule has 3 rings (SSSR count). The molecular weight excluding hydrogens is 332 g/mol. The summed E-state index contributed by atoms with van der Waals surface area (Å²) in [6.07, 6.45) is 2.56. The second-order valence-corrected chi connectivity index (χ2v) is 7.98. The summed E-state index contributed by atoms with van der Waals surface area (Å²) in [5.41, 5.74) is 2.12. The number of carbonyl (C=O) groups excluding carboxylic acids is 1. The molecule has 23 heavy (non-hydrogen) atoms. The van der Waals surface area contributed by atoms with Gasteiger partial charge in [-0.2, -0.15) is 0 Å². The van der Waals surface area contributed by atoms with Crippen molar-refractivity contribution in [3.8, 4) is 16.4 Å². The van der Waals surface area contributed by atoms with Gasteiger partial charge in [-0.3, -0.25) is 9.36 Å². The molecule has 2 heterocycles. The van der Waals surface area contributed by atoms with Gasteiger partial charge < -0.3 is 0 Å². The molecule has 0 aliphatic rings. The molecule has 0 atom stereocenters. The number of hydrogen-bond donors (Lipinski definition) is 0. The Morgan fingerprint density at radius 1 is 1.22 bits per heavy atom. The van der Waals surface area contributed by atoms with Crippen molar-refractivity contribution in [2.45, 2.75) is 11.8 Å². The number of nitrogens with zero attached hydrogens (tertiary/aromatic N) is 2. The standard InChI is InChI=1S/C16H14N2O3S2/c1-2-23(20,21)14-7-5-12(6-8-14)15-11-22-16(17-15)18-9-3-4-13(18)10-19/h3-11H,2H2,1H3. The molecule has 0 N–H and O–H groups in total. The third kappa shape index (κ3) is 2.97. The lowest BCUT2D eigenvalue weighted by molar-refractivity contribution is 0.111. The molecule has 1 aromatic carbocycles. The predicted octanol–water partition coefficient (Wildman–Crippen LogP) is 3.21. The van der Waals surface area contributed by atoms with Crippen LogP contribution < -0.4 is 0 Å². The third-order valence-corrected chi connectivity index (χ3v) is 6.08. The number of carbonyl (C=O) groups is 1. The first-order valence-corrected chi connectivity index (χ1v) is 9.50. The summed E-state index contributed by atoms with van der Waals surface area (Å²) in [4.78, 5) is 15.8. The highest BCUT2D eigenvalue weighted by atomic mass is 32.2. The van der Waals surface area contributed by atoms with Crippen molar-refractivity contribution in [2.75, 3.05) is 5.75 Å². The zero-order valence-corrected chi connectivity index (χ0v) is 14.0. The van der Waals surface area contributed by atoms with E-state index in [1.54, 1.807) is 54.1 Å². The van der Waals surface area contributed by atoms with Gasteiger partial charge in [-0.05, 0) is 24.3 Å². The van der Waals surface area contributed by atoms with Crippen molar-refractivity contribution in [1.29, 1.82) is 0 Å². The van der Waals surface area contributed by atoms with E-state index in [1.165, 1.54) is 11.3 Å². The van der Waals surface area contributed by atoms with Crippen LogP contribution in [-0.2, 0) is 9.84 Å². The van der Waals surface area contributed by atoms with E-state index in [-0.39, 0.29) is 5.75 Å². The smallest absolute Gasteiger partial charge is 0.194 e. The Morgan fingerprint density at radius 2 is 1.96 bits per heavy atom. The molecule has 3 aromatic rings. The minimum absolute atomic E-state index is 0.0787. The largest absolute Gasteiger partial charge is 0.296 e. The molecule has 0 saturated heterocycles. The molecular formula is C16H14N2O3S2. The first-order valence-electron chi connectivity index (χ1n) is 6.97. The maximum absolute atomic E-state index is 11.8. The van der Waals surface area contributed by atoms with E-state index in [0.29, 0.717) is 15.7 Å². The van der Waals surface area contributed by atoms with Gasteiger partial charge in [0.1, 0.15) is 0 Å². The number of sulfone groups is 1. The zero-order chi connectivity index (χ0) is 16.4. The van der Waals surface area contributed by atoms with Crippen LogP contribution in [0.3, 0.4) is 0 Å². The van der Waals surface area contributed by atoms with Crippen LogP contribution in [0.25, 0.3) is 16.4 Å². The highest BCUT2D eigenvalue weighted by molar-refractivity contribution is 7.91. The summed E-state index contributed by atoms with van der Waals surface area (Å²) in [6.45, 7) is 1.62. The number of rotatable bonds is 5. The van der Waals surface area contributed by atoms with E-state index in [4.69, 9.17) is 0 Å². The summed E-state index contributed by atoms with van der Waals surface area (Å²) in [6, 6.07) is 10.2. The lowest BCUT2D eigenvalue weighted by Gasteiger charge is -2.02. The third-order valence-electron chi connectivity index (χ3n) is 3.49. The Balaban J connectivity index is 1.93. The topological polar surface area (TPSA) is 69.0 Å². The Bertz CT molecular complexity index is 938. The van der Waals surface area contributed by atoms with Gasteiger partial charge in [0.25, 0.3) is 0 Å². The summed E-state index contributed by atoms with van der Waals surface area (Å²) in [5.74, 6) is 0.0787. The van der Waals surface area contributed by atoms with Gasteiger partial charge in [-0.15, -0.1) is 11.3 Å². The quantitative estimate of drug-likeness (QED) is 0.665. The molecule has 0 spiro atoms. The van der Waals surface area contributed by atoms with Crippen molar-refractivity contribution in [1.82, 2.24) is 9.55 Å². The fourth-order valence-corrected chi connectivity index (χ4v) is 3.89. The van der Waals surface area contributed by atoms with Crippen LogP contribution in [-0.4, -0.2) is 30.0 Å². The molecule has 0 amide bonds. The molecule has 0 radical (unpaired) electrons. The second kappa shape index (κ2) is 6.10. The SMILES string of the molecule is CCS(=O)(=O)c1ccc(-c2csc(-n3cccc3C=O)n2)cc1. The van der Waals surface area contributed by atoms with Crippen LogP contribution in [0.15, 0.2) is 52.9 Å². The number of aromatic nitrogens is 2. The summed E-state index contributed by atoms with van der Waals surface area (Å²) in [7, 11) is -3.20. The van der Waals surface area contributed by atoms with Gasteiger partial charge in [0.15, 0.2) is 21.3 Å². The molecule has 0 bridgehead atoms. The molecule has 2 aromatic heterocycles. The van der Waals surface area contributed by atoms with Gasteiger partial charge in [-0.1, -0.05) is 19.1 Å². The fourth-order valence-electron chi connectivity index (χ4n) is 2.17. The molecule has 7 heteroatoms. The molecule has 5 nitrogen and oxygen atoms in total. The lowest BCUT2D eigenvalue weighted by Crippen LogP contribution is -2.03. The Hall–Kier alpha value is -2.25. The molecule has 0 fully saturated rings. The van der Waals surface area contributed by atoms with Gasteiger partial charge in [0, 0.05) is 17.1 Å². The van der Waals surface area contributed by atoms with Gasteiger partial charge in [-0.25, -0.2) is 13.4 Å². The highest BCUT2D eigenvalue weighted by Crippen LogP contribution is 2.26. The normalized spacial score (nSPS) is 11.5. The summed E-state index contributed by atoms with van der Waals surface area (Å²) < 4.78 is 25.4. The van der Waals surface area contributed by atoms with Crippen LogP contribution in [0.4, 0.5) is 0 Å². The average Bonchev–Trinajstić information content (AvgIpc) is 3.23. The van der Waals surface area contributed by atoms with Gasteiger partial charge >= 0.3 is 0 Å². The number of aldehydes is 1. The number of hydrogen-bond acceptors (Lipinski definition) is 5. The molecule has 0 saturated carbocycles. The minimum Gasteiger partial charge on any atom is -0.296 e. The van der Waals surface area contributed by atoms with Crippen molar-refractivity contribution in [2.24, 2.45) is 0 Å². The monoisotopic (exact) mass is 346 g/mol. The number of benzene rings is 1. The Morgan fingerprint density at radius 3 is 2.61 bits per heavy atom. The molecule has 118 valence electrons. The first-order chi connectivity index (χ1) is 11.0. The summed E-state index contributed by atoms with van der Waals surface area (Å²) in [5, 5.41) is 2.57. The van der Waals surface area contributed by atoms with E-state index < -0.39 is 9.84 Å². The second-order valence-electron chi connectivity index (χ2n) is 4.86. The number of thiazole rings is 1. The van der Waals surface area contributed by atoms with Crippen LogP contribution >= 0.6 is 11.3 Å². The maximum atomic E-state index is 11.8. The van der Waals surface area contributed by atoms with E-state index in [0.717, 1.165) is 17.5 Å². The average molecular weight is 346 g/mol. The fraction of sp³-hybridized carbons (Fsp3) is 0.125. The van der Waals surface area contributed by atoms with Gasteiger partial charge in [0.2, 0.25) is 0 Å². The van der Waals surface area contributed by atoms with Crippen LogP contribution in [0.5, 0.6) is 0 Å². The molecule has 0 aliphatic heterocycles. The van der Waals surface area contributed by atoms with E-state index in [1.807, 2.05) is 5.38 Å². The summed E-state index contributed by atoms with van der Waals surface area (Å²) >= 11 is 1.42. The van der Waals surface area contributed by atoms with Crippen molar-refractivity contribution in [3.63, 3.8) is 0 Å². The van der Waals surface area contributed by atoms with Crippen molar-refractivity contribution in [3.05, 3.63) is 53.7 Å². The highest BCUT2D eigenvalue weighted by Gasteiger charge is 2.13. The predicted molar refractivity (Wildman–Crippen MR) is 90.0 cm³/mol. The van der Waals surface area contributed by atoms with E-state index >= 15 is 0 Å². The van der Waals surface area contributed by atoms with Gasteiger partial charge in [0.05, 0.1) is 22.0 Å². The van der Waals surface area contributed by atoms with Crippen LogP contribution in [0.1, 0.15) is 17.4 Å². The van der Waals surface area contributed by atoms with E-state index in [2.05, 4.69) is 4.98 Å².